The Labute approximate surface area is 96.1 Å². The quantitative estimate of drug-likeness (QED) is 0.795. The summed E-state index contributed by atoms with van der Waals surface area (Å²) in [6, 6.07) is 10.4. The fraction of sp³-hybridized carbons (Fsp3) is 0.308. The van der Waals surface area contributed by atoms with Crippen LogP contribution < -0.4 is 5.43 Å². The van der Waals surface area contributed by atoms with Crippen molar-refractivity contribution in [1.29, 1.82) is 0 Å². The zero-order chi connectivity index (χ0) is 11.5. The number of nitrogens with one attached hydrogen (secondary N) is 1. The van der Waals surface area contributed by atoms with Crippen molar-refractivity contribution >= 4 is 10.9 Å². The Morgan fingerprint density at radius 3 is 2.75 bits per heavy atom. The number of nitrogens with zero attached hydrogens (tertiary/aromatic N) is 2. The summed E-state index contributed by atoms with van der Waals surface area (Å²) in [6.07, 6.45) is 0. The summed E-state index contributed by atoms with van der Waals surface area (Å²) in [6.45, 7) is 2.86. The topological polar surface area (TPSA) is 28.2 Å². The SMILES string of the molecule is Cc1cc(CNN(C)C)c2ccccc2n1. The highest BCUT2D eigenvalue weighted by Crippen LogP contribution is 2.17. The third kappa shape index (κ3) is 2.38. The fourth-order valence-electron chi connectivity index (χ4n) is 1.78. The van der Waals surface area contributed by atoms with E-state index in [4.69, 9.17) is 0 Å². The molecule has 0 unspecified atom stereocenters. The van der Waals surface area contributed by atoms with Gasteiger partial charge in [-0.2, -0.15) is 0 Å². The molecule has 0 aliphatic carbocycles. The van der Waals surface area contributed by atoms with Crippen molar-refractivity contribution in [3.8, 4) is 0 Å². The third-order valence-electron chi connectivity index (χ3n) is 2.52. The summed E-state index contributed by atoms with van der Waals surface area (Å²) in [5.41, 5.74) is 6.71. The zero-order valence-electron chi connectivity index (χ0n) is 9.99. The van der Waals surface area contributed by atoms with E-state index >= 15 is 0 Å². The van der Waals surface area contributed by atoms with Gasteiger partial charge in [0.15, 0.2) is 0 Å². The number of fused-ring (bicyclic) bond motifs is 1. The predicted molar refractivity (Wildman–Crippen MR) is 67.0 cm³/mol. The Morgan fingerprint density at radius 1 is 1.25 bits per heavy atom. The summed E-state index contributed by atoms with van der Waals surface area (Å²) in [5, 5.41) is 3.19. The van der Waals surface area contributed by atoms with Crippen LogP contribution in [0.1, 0.15) is 11.3 Å². The molecule has 0 amide bonds. The average Bonchev–Trinajstić information content (AvgIpc) is 2.25. The second-order valence-corrected chi connectivity index (χ2v) is 4.17. The van der Waals surface area contributed by atoms with Crippen LogP contribution in [-0.4, -0.2) is 24.1 Å². The second-order valence-electron chi connectivity index (χ2n) is 4.17. The number of rotatable bonds is 3. The first-order valence-electron chi connectivity index (χ1n) is 5.43. The first kappa shape index (κ1) is 11.0. The molecule has 0 aliphatic heterocycles. The van der Waals surface area contributed by atoms with E-state index in [0.29, 0.717) is 0 Å². The first-order chi connectivity index (χ1) is 7.66. The Balaban J connectivity index is 2.42. The van der Waals surface area contributed by atoms with Gasteiger partial charge < -0.3 is 0 Å². The molecule has 0 fully saturated rings. The summed E-state index contributed by atoms with van der Waals surface area (Å²) in [5.74, 6) is 0. The molecule has 0 bridgehead atoms. The van der Waals surface area contributed by atoms with Crippen molar-refractivity contribution in [3.05, 3.63) is 41.6 Å². The molecule has 1 aromatic carbocycles. The van der Waals surface area contributed by atoms with Gasteiger partial charge in [-0.15, -0.1) is 0 Å². The van der Waals surface area contributed by atoms with Gasteiger partial charge in [0.2, 0.25) is 0 Å². The van der Waals surface area contributed by atoms with Crippen LogP contribution in [0.4, 0.5) is 0 Å². The molecule has 84 valence electrons. The molecule has 0 saturated heterocycles. The summed E-state index contributed by atoms with van der Waals surface area (Å²) in [4.78, 5) is 4.52. The van der Waals surface area contributed by atoms with Gasteiger partial charge in [-0.25, -0.2) is 0 Å². The number of hydrogen-bond donors (Lipinski definition) is 1. The maximum Gasteiger partial charge on any atom is 0.0708 e. The van der Waals surface area contributed by atoms with Gasteiger partial charge in [0.1, 0.15) is 0 Å². The highest BCUT2D eigenvalue weighted by Gasteiger charge is 2.03. The van der Waals surface area contributed by atoms with Crippen LogP contribution in [0.5, 0.6) is 0 Å². The number of hydrazine groups is 1. The van der Waals surface area contributed by atoms with Crippen molar-refractivity contribution in [3.63, 3.8) is 0 Å². The molecular weight excluding hydrogens is 198 g/mol. The van der Waals surface area contributed by atoms with E-state index in [9.17, 15) is 0 Å². The Morgan fingerprint density at radius 2 is 2.00 bits per heavy atom. The highest BCUT2D eigenvalue weighted by atomic mass is 15.5. The highest BCUT2D eigenvalue weighted by molar-refractivity contribution is 5.82. The van der Waals surface area contributed by atoms with E-state index in [2.05, 4.69) is 34.7 Å². The molecule has 0 saturated carbocycles. The van der Waals surface area contributed by atoms with E-state index in [0.717, 1.165) is 17.8 Å². The van der Waals surface area contributed by atoms with E-state index in [-0.39, 0.29) is 0 Å². The minimum Gasteiger partial charge on any atom is -0.253 e. The molecule has 1 N–H and O–H groups in total. The first-order valence-corrected chi connectivity index (χ1v) is 5.43. The van der Waals surface area contributed by atoms with Gasteiger partial charge in [-0.3, -0.25) is 15.4 Å². The molecule has 1 heterocycles. The summed E-state index contributed by atoms with van der Waals surface area (Å²) < 4.78 is 0. The van der Waals surface area contributed by atoms with E-state index in [1.54, 1.807) is 0 Å². The lowest BCUT2D eigenvalue weighted by atomic mass is 10.1. The van der Waals surface area contributed by atoms with Gasteiger partial charge in [-0.05, 0) is 24.6 Å². The van der Waals surface area contributed by atoms with Crippen LogP contribution in [0.25, 0.3) is 10.9 Å². The maximum absolute atomic E-state index is 4.52. The normalized spacial score (nSPS) is 11.2. The van der Waals surface area contributed by atoms with Gasteiger partial charge in [0.05, 0.1) is 5.52 Å². The minimum atomic E-state index is 0.830. The Kier molecular flexibility index (Phi) is 3.17. The van der Waals surface area contributed by atoms with Crippen molar-refractivity contribution < 1.29 is 0 Å². The maximum atomic E-state index is 4.52. The number of aromatic nitrogens is 1. The van der Waals surface area contributed by atoms with Crippen LogP contribution in [0.15, 0.2) is 30.3 Å². The molecule has 0 aliphatic rings. The molecule has 0 spiro atoms. The van der Waals surface area contributed by atoms with Gasteiger partial charge in [-0.1, -0.05) is 18.2 Å². The third-order valence-corrected chi connectivity index (χ3v) is 2.52. The molecule has 1 aromatic heterocycles. The molecule has 2 rings (SSSR count). The van der Waals surface area contributed by atoms with Gasteiger partial charge >= 0.3 is 0 Å². The molecular formula is C13H17N3. The van der Waals surface area contributed by atoms with Gasteiger partial charge in [0, 0.05) is 31.7 Å². The second kappa shape index (κ2) is 4.60. The molecule has 3 heteroatoms. The van der Waals surface area contributed by atoms with Crippen LogP contribution in [-0.2, 0) is 6.54 Å². The van der Waals surface area contributed by atoms with E-state index in [1.165, 1.54) is 10.9 Å². The summed E-state index contributed by atoms with van der Waals surface area (Å²) >= 11 is 0. The lowest BCUT2D eigenvalue weighted by Crippen LogP contribution is -2.29. The van der Waals surface area contributed by atoms with Crippen LogP contribution in [0, 0.1) is 6.92 Å². The van der Waals surface area contributed by atoms with Gasteiger partial charge in [0.25, 0.3) is 0 Å². The Bertz CT molecular complexity index is 492. The van der Waals surface area contributed by atoms with Crippen molar-refractivity contribution in [2.24, 2.45) is 0 Å². The fourth-order valence-corrected chi connectivity index (χ4v) is 1.78. The number of hydrogen-bond acceptors (Lipinski definition) is 3. The number of aryl methyl sites for hydroxylation is 1. The number of benzene rings is 1. The summed E-state index contributed by atoms with van der Waals surface area (Å²) in [7, 11) is 3.99. The van der Waals surface area contributed by atoms with Crippen molar-refractivity contribution in [2.75, 3.05) is 14.1 Å². The van der Waals surface area contributed by atoms with Crippen LogP contribution in [0.3, 0.4) is 0 Å². The molecule has 2 aromatic rings. The smallest absolute Gasteiger partial charge is 0.0708 e. The molecule has 0 atom stereocenters. The lowest BCUT2D eigenvalue weighted by molar-refractivity contribution is 0.286. The zero-order valence-corrected chi connectivity index (χ0v) is 9.99. The van der Waals surface area contributed by atoms with Crippen molar-refractivity contribution in [2.45, 2.75) is 13.5 Å². The Hall–Kier alpha value is -1.45. The molecule has 16 heavy (non-hydrogen) atoms. The van der Waals surface area contributed by atoms with E-state index in [1.807, 2.05) is 32.1 Å². The number of para-hydroxylation sites is 1. The average molecular weight is 215 g/mol. The molecule has 3 nitrogen and oxygen atoms in total. The largest absolute Gasteiger partial charge is 0.253 e. The van der Waals surface area contributed by atoms with Crippen molar-refractivity contribution in [1.82, 2.24) is 15.4 Å². The van der Waals surface area contributed by atoms with Crippen LogP contribution in [0.2, 0.25) is 0 Å². The molecule has 0 radical (unpaired) electrons. The van der Waals surface area contributed by atoms with E-state index < -0.39 is 0 Å². The monoisotopic (exact) mass is 215 g/mol. The lowest BCUT2D eigenvalue weighted by Gasteiger charge is -2.13. The number of pyridine rings is 1. The predicted octanol–water partition coefficient (Wildman–Crippen LogP) is 2.11. The minimum absolute atomic E-state index is 0.830. The van der Waals surface area contributed by atoms with Crippen LogP contribution >= 0.6 is 0 Å². The standard InChI is InChI=1S/C13H17N3/c1-10-8-11(9-14-16(2)3)12-6-4-5-7-13(12)15-10/h4-8,14H,9H2,1-3H3.